The molecule has 0 spiro atoms. The molecule has 164 valence electrons. The van der Waals surface area contributed by atoms with Gasteiger partial charge >= 0.3 is 6.18 Å². The van der Waals surface area contributed by atoms with Gasteiger partial charge in [0.1, 0.15) is 0 Å². The molecule has 0 saturated heterocycles. The van der Waals surface area contributed by atoms with Crippen molar-refractivity contribution >= 4 is 17.5 Å². The van der Waals surface area contributed by atoms with E-state index in [-0.39, 0.29) is 24.3 Å². The Morgan fingerprint density at radius 3 is 2.31 bits per heavy atom. The summed E-state index contributed by atoms with van der Waals surface area (Å²) >= 11 is 0. The number of rotatable bonds is 6. The zero-order valence-electron chi connectivity index (χ0n) is 17.1. The molecule has 32 heavy (non-hydrogen) atoms. The standard InChI is InChI=1S/C25H21F3N2O2/c26-25(27,28)19-12-10-17(11-13-19)21-6-1-2-7-22(21)24(32)29-15-16-4-3-5-20(14-16)30-23(31)18-8-9-18/h1-7,10-14,18H,8-9,15H2,(H,29,32)(H,30,31). The lowest BCUT2D eigenvalue weighted by Gasteiger charge is -2.12. The summed E-state index contributed by atoms with van der Waals surface area (Å²) in [5.41, 5.74) is 2.19. The summed E-state index contributed by atoms with van der Waals surface area (Å²) in [7, 11) is 0. The fourth-order valence-electron chi connectivity index (χ4n) is 3.40. The van der Waals surface area contributed by atoms with Gasteiger partial charge < -0.3 is 10.6 Å². The molecule has 2 N–H and O–H groups in total. The molecule has 0 unspecified atom stereocenters. The Bertz CT molecular complexity index is 1140. The van der Waals surface area contributed by atoms with E-state index in [1.54, 1.807) is 36.4 Å². The molecule has 0 aliphatic heterocycles. The van der Waals surface area contributed by atoms with Crippen molar-refractivity contribution in [3.63, 3.8) is 0 Å². The summed E-state index contributed by atoms with van der Waals surface area (Å²) in [4.78, 5) is 24.8. The lowest BCUT2D eigenvalue weighted by molar-refractivity contribution is -0.137. The van der Waals surface area contributed by atoms with Crippen LogP contribution in [0.1, 0.15) is 34.3 Å². The number of alkyl halides is 3. The van der Waals surface area contributed by atoms with Gasteiger partial charge in [-0.1, -0.05) is 42.5 Å². The Balaban J connectivity index is 1.46. The molecule has 1 aliphatic carbocycles. The maximum atomic E-state index is 12.8. The average Bonchev–Trinajstić information content (AvgIpc) is 3.63. The van der Waals surface area contributed by atoms with Gasteiger partial charge in [0, 0.05) is 23.7 Å². The molecule has 3 aromatic rings. The lowest BCUT2D eigenvalue weighted by atomic mass is 9.98. The van der Waals surface area contributed by atoms with Crippen molar-refractivity contribution in [2.45, 2.75) is 25.6 Å². The molecular formula is C25H21F3N2O2. The van der Waals surface area contributed by atoms with E-state index in [0.29, 0.717) is 22.4 Å². The third-order valence-corrected chi connectivity index (χ3v) is 5.29. The SMILES string of the molecule is O=C(NCc1cccc(NC(=O)C2CC2)c1)c1ccccc1-c1ccc(C(F)(F)F)cc1. The Morgan fingerprint density at radius 2 is 1.62 bits per heavy atom. The van der Waals surface area contributed by atoms with Crippen molar-refractivity contribution in [2.24, 2.45) is 5.92 Å². The smallest absolute Gasteiger partial charge is 0.348 e. The molecule has 0 atom stereocenters. The van der Waals surface area contributed by atoms with Gasteiger partial charge in [0.15, 0.2) is 0 Å². The van der Waals surface area contributed by atoms with Crippen LogP contribution in [0.2, 0.25) is 0 Å². The van der Waals surface area contributed by atoms with Crippen LogP contribution < -0.4 is 10.6 Å². The van der Waals surface area contributed by atoms with Crippen LogP contribution in [-0.4, -0.2) is 11.8 Å². The Morgan fingerprint density at radius 1 is 0.906 bits per heavy atom. The van der Waals surface area contributed by atoms with Crippen LogP contribution in [0.15, 0.2) is 72.8 Å². The number of carbonyl (C=O) groups excluding carboxylic acids is 2. The highest BCUT2D eigenvalue weighted by molar-refractivity contribution is 6.01. The number of hydrogen-bond acceptors (Lipinski definition) is 2. The van der Waals surface area contributed by atoms with Gasteiger partial charge in [-0.3, -0.25) is 9.59 Å². The van der Waals surface area contributed by atoms with Gasteiger partial charge in [0.25, 0.3) is 5.91 Å². The second-order valence-corrected chi connectivity index (χ2v) is 7.77. The minimum Gasteiger partial charge on any atom is -0.348 e. The van der Waals surface area contributed by atoms with Gasteiger partial charge in [-0.15, -0.1) is 0 Å². The first-order valence-corrected chi connectivity index (χ1v) is 10.3. The second-order valence-electron chi connectivity index (χ2n) is 7.77. The zero-order valence-corrected chi connectivity index (χ0v) is 17.1. The molecule has 1 fully saturated rings. The molecule has 4 nitrogen and oxygen atoms in total. The number of halogens is 3. The third kappa shape index (κ3) is 5.17. The van der Waals surface area contributed by atoms with Crippen LogP contribution in [0.25, 0.3) is 11.1 Å². The number of benzene rings is 3. The van der Waals surface area contributed by atoms with Crippen molar-refractivity contribution in [3.8, 4) is 11.1 Å². The van der Waals surface area contributed by atoms with Gasteiger partial charge in [0.2, 0.25) is 5.91 Å². The lowest BCUT2D eigenvalue weighted by Crippen LogP contribution is -2.23. The van der Waals surface area contributed by atoms with Crippen LogP contribution >= 0.6 is 0 Å². The number of anilines is 1. The molecular weight excluding hydrogens is 417 g/mol. The van der Waals surface area contributed by atoms with Crippen molar-refractivity contribution < 1.29 is 22.8 Å². The van der Waals surface area contributed by atoms with Crippen LogP contribution in [0, 0.1) is 5.92 Å². The molecule has 0 heterocycles. The van der Waals surface area contributed by atoms with E-state index in [4.69, 9.17) is 0 Å². The first-order valence-electron chi connectivity index (χ1n) is 10.3. The summed E-state index contributed by atoms with van der Waals surface area (Å²) in [6.45, 7) is 0.243. The Hall–Kier alpha value is -3.61. The normalized spacial score (nSPS) is 13.5. The molecule has 3 aromatic carbocycles. The number of carbonyl (C=O) groups is 2. The van der Waals surface area contributed by atoms with Gasteiger partial charge in [-0.2, -0.15) is 13.2 Å². The fraction of sp³-hybridized carbons (Fsp3) is 0.200. The van der Waals surface area contributed by atoms with Crippen molar-refractivity contribution in [1.82, 2.24) is 5.32 Å². The van der Waals surface area contributed by atoms with E-state index in [1.165, 1.54) is 12.1 Å². The van der Waals surface area contributed by atoms with Gasteiger partial charge in [-0.25, -0.2) is 0 Å². The van der Waals surface area contributed by atoms with E-state index >= 15 is 0 Å². The number of nitrogens with one attached hydrogen (secondary N) is 2. The third-order valence-electron chi connectivity index (χ3n) is 5.29. The highest BCUT2D eigenvalue weighted by Gasteiger charge is 2.30. The van der Waals surface area contributed by atoms with Crippen LogP contribution in [0.3, 0.4) is 0 Å². The first-order chi connectivity index (χ1) is 15.3. The zero-order chi connectivity index (χ0) is 22.7. The summed E-state index contributed by atoms with van der Waals surface area (Å²) in [6.07, 6.45) is -2.58. The molecule has 4 rings (SSSR count). The Labute approximate surface area is 183 Å². The van der Waals surface area contributed by atoms with Crippen LogP contribution in [-0.2, 0) is 17.5 Å². The second kappa shape index (κ2) is 8.86. The monoisotopic (exact) mass is 438 g/mol. The van der Waals surface area contributed by atoms with E-state index < -0.39 is 11.7 Å². The average molecular weight is 438 g/mol. The van der Waals surface area contributed by atoms with E-state index in [9.17, 15) is 22.8 Å². The minimum atomic E-state index is -4.41. The highest BCUT2D eigenvalue weighted by atomic mass is 19.4. The highest BCUT2D eigenvalue weighted by Crippen LogP contribution is 2.32. The molecule has 0 aromatic heterocycles. The topological polar surface area (TPSA) is 58.2 Å². The Kier molecular flexibility index (Phi) is 5.99. The summed E-state index contributed by atoms with van der Waals surface area (Å²) in [6, 6.07) is 18.8. The van der Waals surface area contributed by atoms with Crippen LogP contribution in [0.5, 0.6) is 0 Å². The number of amides is 2. The van der Waals surface area contributed by atoms with Crippen molar-refractivity contribution in [2.75, 3.05) is 5.32 Å². The predicted molar refractivity (Wildman–Crippen MR) is 116 cm³/mol. The number of hydrogen-bond donors (Lipinski definition) is 2. The van der Waals surface area contributed by atoms with E-state index in [2.05, 4.69) is 10.6 Å². The molecule has 0 radical (unpaired) electrons. The van der Waals surface area contributed by atoms with Crippen molar-refractivity contribution in [3.05, 3.63) is 89.5 Å². The maximum absolute atomic E-state index is 12.8. The molecule has 1 aliphatic rings. The quantitative estimate of drug-likeness (QED) is 0.523. The maximum Gasteiger partial charge on any atom is 0.416 e. The molecule has 2 amide bonds. The van der Waals surface area contributed by atoms with Gasteiger partial charge in [-0.05, 0) is 59.9 Å². The fourth-order valence-corrected chi connectivity index (χ4v) is 3.40. The largest absolute Gasteiger partial charge is 0.416 e. The summed E-state index contributed by atoms with van der Waals surface area (Å²) < 4.78 is 38.5. The predicted octanol–water partition coefficient (Wildman–Crippen LogP) is 5.65. The van der Waals surface area contributed by atoms with Crippen LogP contribution in [0.4, 0.5) is 18.9 Å². The van der Waals surface area contributed by atoms with E-state index in [0.717, 1.165) is 30.5 Å². The minimum absolute atomic E-state index is 0.0108. The summed E-state index contributed by atoms with van der Waals surface area (Å²) in [5.74, 6) is -0.232. The summed E-state index contributed by atoms with van der Waals surface area (Å²) in [5, 5.41) is 5.72. The molecule has 0 bridgehead atoms. The van der Waals surface area contributed by atoms with Crippen molar-refractivity contribution in [1.29, 1.82) is 0 Å². The van der Waals surface area contributed by atoms with E-state index in [1.807, 2.05) is 12.1 Å². The van der Waals surface area contributed by atoms with Gasteiger partial charge in [0.05, 0.1) is 5.56 Å². The molecule has 1 saturated carbocycles. The first kappa shape index (κ1) is 21.6. The molecule has 7 heteroatoms.